The van der Waals surface area contributed by atoms with Gasteiger partial charge in [-0.15, -0.1) is 5.10 Å². The molecule has 1 unspecified atom stereocenters. The molecular formula is C17H14ClFN6O. The minimum atomic E-state index is -0.637. The van der Waals surface area contributed by atoms with Crippen molar-refractivity contribution in [1.82, 2.24) is 29.9 Å². The van der Waals surface area contributed by atoms with Gasteiger partial charge in [-0.2, -0.15) is 4.68 Å². The lowest BCUT2D eigenvalue weighted by Gasteiger charge is -2.32. The third-order valence-electron chi connectivity index (χ3n) is 4.41. The van der Waals surface area contributed by atoms with Crippen LogP contribution < -0.4 is 0 Å². The van der Waals surface area contributed by atoms with E-state index in [0.717, 1.165) is 11.8 Å². The van der Waals surface area contributed by atoms with Crippen LogP contribution in [0.4, 0.5) is 4.39 Å². The largest absolute Gasteiger partial charge is 0.330 e. The molecule has 0 saturated carbocycles. The second-order valence-corrected chi connectivity index (χ2v) is 6.37. The van der Waals surface area contributed by atoms with Gasteiger partial charge >= 0.3 is 0 Å². The maximum Gasteiger partial charge on any atom is 0.257 e. The molecule has 1 aliphatic rings. The second-order valence-electron chi connectivity index (χ2n) is 5.93. The second kappa shape index (κ2) is 6.45. The van der Waals surface area contributed by atoms with Crippen LogP contribution in [0.25, 0.3) is 5.95 Å². The Labute approximate surface area is 153 Å². The molecule has 0 saturated heterocycles. The van der Waals surface area contributed by atoms with Gasteiger partial charge in [0, 0.05) is 30.4 Å². The number of halogens is 2. The van der Waals surface area contributed by atoms with Crippen molar-refractivity contribution < 1.29 is 9.18 Å². The lowest BCUT2D eigenvalue weighted by molar-refractivity contribution is 0.0667. The Morgan fingerprint density at radius 2 is 2.08 bits per heavy atom. The molecule has 1 atom stereocenters. The molecule has 4 rings (SSSR count). The Balaban J connectivity index is 1.66. The number of amides is 1. The average molecular weight is 373 g/mol. The molecule has 3 heterocycles. The fourth-order valence-corrected chi connectivity index (χ4v) is 3.25. The molecule has 0 fully saturated rings. The van der Waals surface area contributed by atoms with E-state index in [-0.39, 0.29) is 16.6 Å². The predicted octanol–water partition coefficient (Wildman–Crippen LogP) is 2.61. The number of carbonyl (C=O) groups is 1. The summed E-state index contributed by atoms with van der Waals surface area (Å²) in [6.07, 6.45) is 3.77. The Kier molecular flexibility index (Phi) is 4.12. The highest BCUT2D eigenvalue weighted by molar-refractivity contribution is 6.30. The first-order chi connectivity index (χ1) is 12.6. The van der Waals surface area contributed by atoms with Crippen molar-refractivity contribution in [2.75, 3.05) is 6.54 Å². The van der Waals surface area contributed by atoms with E-state index in [1.165, 1.54) is 12.1 Å². The maximum atomic E-state index is 14.1. The fourth-order valence-electron chi connectivity index (χ4n) is 3.10. The summed E-state index contributed by atoms with van der Waals surface area (Å²) in [5.74, 6) is -0.610. The zero-order chi connectivity index (χ0) is 18.3. The number of nitrogens with zero attached hydrogens (tertiary/aromatic N) is 6. The first kappa shape index (κ1) is 16.6. The van der Waals surface area contributed by atoms with Gasteiger partial charge in [0.2, 0.25) is 0 Å². The molecule has 0 spiro atoms. The smallest absolute Gasteiger partial charge is 0.257 e. The Morgan fingerprint density at radius 3 is 2.81 bits per heavy atom. The SMILES string of the molecule is CC1c2nnn(-c3ncccn3)c2CCN1C(=O)c1ccc(Cl)cc1F. The van der Waals surface area contributed by atoms with Gasteiger partial charge in [0.15, 0.2) is 0 Å². The predicted molar refractivity (Wildman–Crippen MR) is 91.5 cm³/mol. The fraction of sp³-hybridized carbons (Fsp3) is 0.235. The number of hydrogen-bond acceptors (Lipinski definition) is 5. The molecule has 26 heavy (non-hydrogen) atoms. The summed E-state index contributed by atoms with van der Waals surface area (Å²) in [7, 11) is 0. The lowest BCUT2D eigenvalue weighted by atomic mass is 10.0. The van der Waals surface area contributed by atoms with Gasteiger partial charge in [-0.25, -0.2) is 14.4 Å². The van der Waals surface area contributed by atoms with E-state index in [0.29, 0.717) is 24.6 Å². The molecule has 1 aliphatic heterocycles. The molecule has 0 bridgehead atoms. The van der Waals surface area contributed by atoms with Crippen LogP contribution in [-0.4, -0.2) is 42.3 Å². The summed E-state index contributed by atoms with van der Waals surface area (Å²) >= 11 is 5.77. The topological polar surface area (TPSA) is 76.8 Å². The van der Waals surface area contributed by atoms with Crippen molar-refractivity contribution in [3.63, 3.8) is 0 Å². The van der Waals surface area contributed by atoms with Crippen LogP contribution in [0.3, 0.4) is 0 Å². The molecular weight excluding hydrogens is 359 g/mol. The van der Waals surface area contributed by atoms with Crippen molar-refractivity contribution in [2.45, 2.75) is 19.4 Å². The van der Waals surface area contributed by atoms with Gasteiger partial charge in [0.1, 0.15) is 11.5 Å². The minimum Gasteiger partial charge on any atom is -0.330 e. The Morgan fingerprint density at radius 1 is 1.31 bits per heavy atom. The van der Waals surface area contributed by atoms with Crippen LogP contribution >= 0.6 is 11.6 Å². The van der Waals surface area contributed by atoms with E-state index in [4.69, 9.17) is 11.6 Å². The van der Waals surface area contributed by atoms with Crippen molar-refractivity contribution in [3.8, 4) is 5.95 Å². The number of benzene rings is 1. The van der Waals surface area contributed by atoms with Crippen LogP contribution in [0.15, 0.2) is 36.7 Å². The van der Waals surface area contributed by atoms with Crippen molar-refractivity contribution in [1.29, 1.82) is 0 Å². The number of hydrogen-bond donors (Lipinski definition) is 0. The summed E-state index contributed by atoms with van der Waals surface area (Å²) in [6.45, 7) is 2.25. The zero-order valence-electron chi connectivity index (χ0n) is 13.8. The van der Waals surface area contributed by atoms with Gasteiger partial charge in [0.05, 0.1) is 17.3 Å². The average Bonchev–Trinajstić information content (AvgIpc) is 3.07. The van der Waals surface area contributed by atoms with E-state index in [1.54, 1.807) is 28.0 Å². The minimum absolute atomic E-state index is 0.0107. The zero-order valence-corrected chi connectivity index (χ0v) is 14.6. The van der Waals surface area contributed by atoms with Crippen molar-refractivity contribution in [2.24, 2.45) is 0 Å². The van der Waals surface area contributed by atoms with E-state index < -0.39 is 11.7 Å². The summed E-state index contributed by atoms with van der Waals surface area (Å²) in [5, 5.41) is 8.58. The highest BCUT2D eigenvalue weighted by Crippen LogP contribution is 2.30. The normalized spacial score (nSPS) is 16.4. The van der Waals surface area contributed by atoms with Gasteiger partial charge in [-0.3, -0.25) is 4.79 Å². The molecule has 0 radical (unpaired) electrons. The van der Waals surface area contributed by atoms with Gasteiger partial charge < -0.3 is 4.90 Å². The Hall–Kier alpha value is -2.87. The Bertz CT molecular complexity index is 977. The highest BCUT2D eigenvalue weighted by Gasteiger charge is 2.34. The van der Waals surface area contributed by atoms with Crippen LogP contribution in [0.5, 0.6) is 0 Å². The van der Waals surface area contributed by atoms with Crippen LogP contribution in [-0.2, 0) is 6.42 Å². The van der Waals surface area contributed by atoms with Crippen LogP contribution in [0, 0.1) is 5.82 Å². The molecule has 1 amide bonds. The summed E-state index contributed by atoms with van der Waals surface area (Å²) in [4.78, 5) is 22.7. The van der Waals surface area contributed by atoms with Crippen molar-refractivity contribution >= 4 is 17.5 Å². The molecule has 132 valence electrons. The van der Waals surface area contributed by atoms with Crippen LogP contribution in [0.1, 0.15) is 34.7 Å². The van der Waals surface area contributed by atoms with E-state index in [1.807, 2.05) is 6.92 Å². The number of rotatable bonds is 2. The van der Waals surface area contributed by atoms with Gasteiger partial charge in [-0.05, 0) is 31.2 Å². The molecule has 2 aromatic heterocycles. The monoisotopic (exact) mass is 372 g/mol. The van der Waals surface area contributed by atoms with Gasteiger partial charge in [0.25, 0.3) is 11.9 Å². The number of fused-ring (bicyclic) bond motifs is 1. The third kappa shape index (κ3) is 2.72. The number of carbonyl (C=O) groups excluding carboxylic acids is 1. The number of aromatic nitrogens is 5. The molecule has 3 aromatic rings. The summed E-state index contributed by atoms with van der Waals surface area (Å²) in [5.41, 5.74) is 1.50. The van der Waals surface area contributed by atoms with Crippen molar-refractivity contribution in [3.05, 3.63) is 64.5 Å². The third-order valence-corrected chi connectivity index (χ3v) is 4.65. The lowest BCUT2D eigenvalue weighted by Crippen LogP contribution is -2.39. The first-order valence-electron chi connectivity index (χ1n) is 8.04. The maximum absolute atomic E-state index is 14.1. The standard InChI is InChI=1S/C17H14ClFN6O/c1-10-15-14(25(23-22-15)17-20-6-2-7-21-17)5-8-24(10)16(26)12-4-3-11(18)9-13(12)19/h2-4,6-7,9-10H,5,8H2,1H3. The molecule has 7 nitrogen and oxygen atoms in total. The molecule has 9 heteroatoms. The van der Waals surface area contributed by atoms with E-state index in [9.17, 15) is 9.18 Å². The molecule has 0 aliphatic carbocycles. The van der Waals surface area contributed by atoms with E-state index in [2.05, 4.69) is 20.3 Å². The summed E-state index contributed by atoms with van der Waals surface area (Å²) < 4.78 is 15.7. The summed E-state index contributed by atoms with van der Waals surface area (Å²) in [6, 6.07) is 5.41. The highest BCUT2D eigenvalue weighted by atomic mass is 35.5. The molecule has 1 aromatic carbocycles. The quantitative estimate of drug-likeness (QED) is 0.691. The first-order valence-corrected chi connectivity index (χ1v) is 8.42. The van der Waals surface area contributed by atoms with Gasteiger partial charge in [-0.1, -0.05) is 16.8 Å². The molecule has 0 N–H and O–H groups in total. The van der Waals surface area contributed by atoms with Crippen LogP contribution in [0.2, 0.25) is 5.02 Å². The van der Waals surface area contributed by atoms with E-state index >= 15 is 0 Å².